The van der Waals surface area contributed by atoms with Crippen LogP contribution in [0.1, 0.15) is 4.88 Å². The number of fused-ring (bicyclic) bond motifs is 1. The molecule has 4 aromatic rings. The first-order valence-electron chi connectivity index (χ1n) is 9.57. The van der Waals surface area contributed by atoms with Crippen LogP contribution in [-0.4, -0.2) is 22.7 Å². The third-order valence-corrected chi connectivity index (χ3v) is 5.98. The topological polar surface area (TPSA) is 76.2 Å². The van der Waals surface area contributed by atoms with Gasteiger partial charge in [0.2, 0.25) is 5.88 Å². The molecule has 1 aliphatic rings. The van der Waals surface area contributed by atoms with Crippen LogP contribution in [0.15, 0.2) is 88.8 Å². The highest BCUT2D eigenvalue weighted by Gasteiger charge is 2.26. The molecule has 1 N–H and O–H groups in total. The highest BCUT2D eigenvalue weighted by Crippen LogP contribution is 2.31. The summed E-state index contributed by atoms with van der Waals surface area (Å²) in [6.07, 6.45) is 0. The second kappa shape index (κ2) is 7.70. The molecule has 31 heavy (non-hydrogen) atoms. The van der Waals surface area contributed by atoms with E-state index in [1.165, 1.54) is 11.3 Å². The average molecular weight is 427 g/mol. The summed E-state index contributed by atoms with van der Waals surface area (Å²) in [6.45, 7) is 0. The lowest BCUT2D eigenvalue weighted by molar-refractivity contribution is -0.112. The van der Waals surface area contributed by atoms with E-state index in [1.54, 1.807) is 29.9 Å². The van der Waals surface area contributed by atoms with Gasteiger partial charge in [0.1, 0.15) is 10.6 Å². The van der Waals surface area contributed by atoms with Gasteiger partial charge in [-0.3, -0.25) is 9.36 Å². The number of carbonyl (C=O) groups is 1. The van der Waals surface area contributed by atoms with E-state index in [2.05, 4.69) is 4.99 Å². The number of nitrogens with zero attached hydrogens (tertiary/aromatic N) is 3. The number of rotatable bonds is 4. The van der Waals surface area contributed by atoms with Crippen molar-refractivity contribution in [1.29, 1.82) is 0 Å². The smallest absolute Gasteiger partial charge is 0.279 e. The van der Waals surface area contributed by atoms with Gasteiger partial charge in [0.25, 0.3) is 5.91 Å². The third kappa shape index (κ3) is 3.35. The number of hydrogen-bond donors (Lipinski definition) is 1. The monoisotopic (exact) mass is 427 g/mol. The molecule has 0 spiro atoms. The molecule has 0 aliphatic carbocycles. The number of para-hydroxylation sites is 2. The summed E-state index contributed by atoms with van der Waals surface area (Å²) in [5, 5.41) is 12.4. The number of carbonyl (C=O) groups excluding carboxylic acids is 1. The Morgan fingerprint density at radius 1 is 1.00 bits per heavy atom. The highest BCUT2D eigenvalue weighted by atomic mass is 32.1. The van der Waals surface area contributed by atoms with Gasteiger partial charge in [0.15, 0.2) is 4.80 Å². The van der Waals surface area contributed by atoms with Crippen LogP contribution in [0.5, 0.6) is 11.6 Å². The van der Waals surface area contributed by atoms with E-state index in [0.717, 1.165) is 11.4 Å². The summed E-state index contributed by atoms with van der Waals surface area (Å²) in [5.74, 6) is 0.161. The lowest BCUT2D eigenvalue weighted by Crippen LogP contribution is -2.23. The van der Waals surface area contributed by atoms with Crippen LogP contribution in [0.25, 0.3) is 11.3 Å². The molecule has 6 nitrogen and oxygen atoms in total. The lowest BCUT2D eigenvalue weighted by Gasteiger charge is -2.05. The SMILES string of the molecule is COc1ccc2c(c1)=C(c1sc(=Nc3ccccc3)n(-c3ccccc3)c1O)C(=O)N=2. The van der Waals surface area contributed by atoms with E-state index in [4.69, 9.17) is 9.73 Å². The molecule has 0 unspecified atom stereocenters. The molecule has 1 aliphatic heterocycles. The Morgan fingerprint density at radius 2 is 1.71 bits per heavy atom. The largest absolute Gasteiger partial charge is 0.497 e. The first-order chi connectivity index (χ1) is 15.2. The molecule has 1 aromatic heterocycles. The van der Waals surface area contributed by atoms with Crippen LogP contribution in [-0.2, 0) is 4.79 Å². The number of methoxy groups -OCH3 is 1. The Labute approximate surface area is 181 Å². The maximum absolute atomic E-state index is 12.8. The van der Waals surface area contributed by atoms with Gasteiger partial charge < -0.3 is 9.84 Å². The molecule has 7 heteroatoms. The molecule has 3 aromatic carbocycles. The first kappa shape index (κ1) is 19.0. The van der Waals surface area contributed by atoms with Crippen molar-refractivity contribution in [3.8, 4) is 17.3 Å². The van der Waals surface area contributed by atoms with Crippen molar-refractivity contribution in [3.05, 3.63) is 99.1 Å². The van der Waals surface area contributed by atoms with E-state index in [-0.39, 0.29) is 5.88 Å². The summed E-state index contributed by atoms with van der Waals surface area (Å²) >= 11 is 1.24. The predicted molar refractivity (Wildman–Crippen MR) is 118 cm³/mol. The Kier molecular flexibility index (Phi) is 4.72. The molecule has 0 radical (unpaired) electrons. The summed E-state index contributed by atoms with van der Waals surface area (Å²) < 4.78 is 6.96. The molecule has 0 fully saturated rings. The molecular formula is C24H17N3O3S. The standard InChI is InChI=1S/C24H17N3O3S/c1-30-17-12-13-19-18(14-17)20(22(28)26-19)21-23(29)27(16-10-6-3-7-11-16)24(31-21)25-15-8-4-2-5-9-15/h2-14,29H,1H3. The van der Waals surface area contributed by atoms with Crippen molar-refractivity contribution in [2.75, 3.05) is 7.11 Å². The minimum absolute atomic E-state index is 0.0555. The van der Waals surface area contributed by atoms with Crippen LogP contribution >= 0.6 is 11.3 Å². The molecular weight excluding hydrogens is 410 g/mol. The maximum atomic E-state index is 12.8. The number of aromatic hydroxyl groups is 1. The quantitative estimate of drug-likeness (QED) is 0.544. The summed E-state index contributed by atoms with van der Waals surface area (Å²) in [4.78, 5) is 22.6. The fraction of sp³-hybridized carbons (Fsp3) is 0.0417. The van der Waals surface area contributed by atoms with E-state index in [0.29, 0.717) is 31.6 Å². The molecule has 0 atom stereocenters. The van der Waals surface area contributed by atoms with Gasteiger partial charge in [-0.15, -0.1) is 0 Å². The van der Waals surface area contributed by atoms with Crippen molar-refractivity contribution in [3.63, 3.8) is 0 Å². The molecule has 2 heterocycles. The molecule has 0 saturated carbocycles. The van der Waals surface area contributed by atoms with E-state index in [1.807, 2.05) is 60.7 Å². The number of benzene rings is 3. The van der Waals surface area contributed by atoms with Gasteiger partial charge in [-0.2, -0.15) is 0 Å². The maximum Gasteiger partial charge on any atom is 0.279 e. The second-order valence-electron chi connectivity index (χ2n) is 6.83. The molecule has 5 rings (SSSR count). The molecule has 0 saturated heterocycles. The van der Waals surface area contributed by atoms with E-state index < -0.39 is 5.91 Å². The number of aromatic nitrogens is 1. The third-order valence-electron chi connectivity index (χ3n) is 4.93. The average Bonchev–Trinajstić information content (AvgIpc) is 3.29. The number of amides is 1. The van der Waals surface area contributed by atoms with Gasteiger partial charge in [0, 0.05) is 5.22 Å². The predicted octanol–water partition coefficient (Wildman–Crippen LogP) is 2.84. The van der Waals surface area contributed by atoms with Crippen molar-refractivity contribution < 1.29 is 14.6 Å². The Bertz CT molecular complexity index is 1490. The molecule has 0 bridgehead atoms. The summed E-state index contributed by atoms with van der Waals surface area (Å²) in [5.41, 5.74) is 1.83. The van der Waals surface area contributed by atoms with Crippen molar-refractivity contribution in [1.82, 2.24) is 4.57 Å². The number of thiazole rings is 1. The van der Waals surface area contributed by atoms with Gasteiger partial charge in [-0.25, -0.2) is 9.98 Å². The zero-order valence-corrected chi connectivity index (χ0v) is 17.3. The number of ether oxygens (including phenoxy) is 1. The Balaban J connectivity index is 1.83. The number of hydrogen-bond acceptors (Lipinski definition) is 5. The van der Waals surface area contributed by atoms with Gasteiger partial charge in [-0.05, 0) is 42.5 Å². The fourth-order valence-corrected chi connectivity index (χ4v) is 4.57. The second-order valence-corrected chi connectivity index (χ2v) is 7.81. The minimum atomic E-state index is -0.397. The highest BCUT2D eigenvalue weighted by molar-refractivity contribution is 7.11. The first-order valence-corrected chi connectivity index (χ1v) is 10.4. The molecule has 1 amide bonds. The fourth-order valence-electron chi connectivity index (χ4n) is 3.47. The van der Waals surface area contributed by atoms with Crippen LogP contribution in [0.3, 0.4) is 0 Å². The van der Waals surface area contributed by atoms with Crippen LogP contribution in [0.4, 0.5) is 5.69 Å². The van der Waals surface area contributed by atoms with Crippen molar-refractivity contribution in [2.45, 2.75) is 0 Å². The van der Waals surface area contributed by atoms with Crippen LogP contribution in [0, 0.1) is 0 Å². The molecule has 152 valence electrons. The normalized spacial score (nSPS) is 13.3. The Hall–Kier alpha value is -3.97. The zero-order chi connectivity index (χ0) is 21.4. The van der Waals surface area contributed by atoms with Gasteiger partial charge >= 0.3 is 0 Å². The van der Waals surface area contributed by atoms with Crippen LogP contribution < -0.4 is 20.1 Å². The Morgan fingerprint density at radius 3 is 2.42 bits per heavy atom. The van der Waals surface area contributed by atoms with Crippen LogP contribution in [0.2, 0.25) is 0 Å². The summed E-state index contributed by atoms with van der Waals surface area (Å²) in [6, 6.07) is 24.2. The summed E-state index contributed by atoms with van der Waals surface area (Å²) in [7, 11) is 1.57. The zero-order valence-electron chi connectivity index (χ0n) is 16.5. The lowest BCUT2D eigenvalue weighted by atomic mass is 10.1. The van der Waals surface area contributed by atoms with Gasteiger partial charge in [-0.1, -0.05) is 47.7 Å². The van der Waals surface area contributed by atoms with Crippen molar-refractivity contribution >= 4 is 28.5 Å². The van der Waals surface area contributed by atoms with E-state index in [9.17, 15) is 9.90 Å². The minimum Gasteiger partial charge on any atom is -0.497 e. The van der Waals surface area contributed by atoms with E-state index >= 15 is 0 Å². The van der Waals surface area contributed by atoms with Crippen molar-refractivity contribution in [2.24, 2.45) is 9.98 Å². The van der Waals surface area contributed by atoms with Gasteiger partial charge in [0.05, 0.1) is 29.4 Å².